The Kier molecular flexibility index (Phi) is 7.90. The Bertz CT molecular complexity index is 964. The van der Waals surface area contributed by atoms with Gasteiger partial charge in [0.1, 0.15) is 5.84 Å². The van der Waals surface area contributed by atoms with Gasteiger partial charge in [-0.25, -0.2) is 15.0 Å². The third kappa shape index (κ3) is 6.56. The van der Waals surface area contributed by atoms with Crippen LogP contribution in [0, 0.1) is 17.8 Å². The summed E-state index contributed by atoms with van der Waals surface area (Å²) in [6.07, 6.45) is 7.63. The molecule has 3 rings (SSSR count). The standard InChI is InChI=1S/C24H32F2N6/c1-17(2)14-24(7-11-32(12-8-24)16-19-5-4-9-29-22(19)26)30-15-18(3)23(27)31-20-6-10-28-21(25)13-20/h4-6,9-10,13,15,17,30H,7-8,11-12,14,16H2,1-3H3,(H2,27,28,31)/b18-15-. The van der Waals surface area contributed by atoms with Crippen molar-refractivity contribution in [1.82, 2.24) is 20.2 Å². The fourth-order valence-electron chi connectivity index (χ4n) is 4.13. The first-order valence-corrected chi connectivity index (χ1v) is 11.0. The van der Waals surface area contributed by atoms with Crippen molar-refractivity contribution in [2.24, 2.45) is 16.6 Å². The highest BCUT2D eigenvalue weighted by molar-refractivity contribution is 5.97. The van der Waals surface area contributed by atoms with E-state index in [0.717, 1.165) is 37.9 Å². The van der Waals surface area contributed by atoms with Crippen LogP contribution in [0.3, 0.4) is 0 Å². The maximum Gasteiger partial charge on any atom is 0.217 e. The van der Waals surface area contributed by atoms with Gasteiger partial charge in [0.25, 0.3) is 0 Å². The van der Waals surface area contributed by atoms with Crippen molar-refractivity contribution in [2.45, 2.75) is 52.1 Å². The number of likely N-dealkylation sites (tertiary alicyclic amines) is 1. The molecule has 1 saturated heterocycles. The van der Waals surface area contributed by atoms with E-state index in [1.54, 1.807) is 18.2 Å². The number of hydrogen-bond acceptors (Lipinski definition) is 5. The molecule has 6 nitrogen and oxygen atoms in total. The second-order valence-corrected chi connectivity index (χ2v) is 8.91. The Hall–Kier alpha value is -2.87. The Morgan fingerprint density at radius 2 is 2.00 bits per heavy atom. The molecule has 3 N–H and O–H groups in total. The molecule has 172 valence electrons. The number of nitrogens with two attached hydrogens (primary N) is 1. The molecule has 1 aliphatic heterocycles. The fourth-order valence-corrected chi connectivity index (χ4v) is 4.13. The molecule has 0 atom stereocenters. The summed E-state index contributed by atoms with van der Waals surface area (Å²) in [6, 6.07) is 6.42. The van der Waals surface area contributed by atoms with Crippen LogP contribution in [-0.2, 0) is 6.54 Å². The molecule has 2 aromatic rings. The lowest BCUT2D eigenvalue weighted by atomic mass is 9.80. The van der Waals surface area contributed by atoms with Gasteiger partial charge in [-0.05, 0) is 44.2 Å². The number of rotatable bonds is 8. The first-order valence-electron chi connectivity index (χ1n) is 11.0. The molecule has 8 heteroatoms. The van der Waals surface area contributed by atoms with Crippen LogP contribution in [0.2, 0.25) is 0 Å². The van der Waals surface area contributed by atoms with Gasteiger partial charge in [0, 0.05) is 61.0 Å². The van der Waals surface area contributed by atoms with Crippen LogP contribution < -0.4 is 11.1 Å². The van der Waals surface area contributed by atoms with E-state index in [2.05, 4.69) is 39.0 Å². The maximum absolute atomic E-state index is 13.9. The van der Waals surface area contributed by atoms with Gasteiger partial charge in [0.15, 0.2) is 0 Å². The number of halogens is 2. The summed E-state index contributed by atoms with van der Waals surface area (Å²) in [4.78, 5) is 13.8. The van der Waals surface area contributed by atoms with Crippen LogP contribution in [0.5, 0.6) is 0 Å². The Balaban J connectivity index is 1.66. The molecular formula is C24H32F2N6. The van der Waals surface area contributed by atoms with Gasteiger partial charge in [-0.1, -0.05) is 19.9 Å². The van der Waals surface area contributed by atoms with Crippen LogP contribution in [0.4, 0.5) is 14.5 Å². The number of nitrogens with zero attached hydrogens (tertiary/aromatic N) is 4. The number of nitrogens with one attached hydrogen (secondary N) is 1. The lowest BCUT2D eigenvalue weighted by Gasteiger charge is -2.43. The molecule has 0 radical (unpaired) electrons. The minimum absolute atomic E-state index is 0.0670. The molecule has 0 unspecified atom stereocenters. The van der Waals surface area contributed by atoms with Gasteiger partial charge in [-0.2, -0.15) is 8.78 Å². The van der Waals surface area contributed by atoms with Crippen molar-refractivity contribution < 1.29 is 8.78 Å². The largest absolute Gasteiger partial charge is 0.385 e. The van der Waals surface area contributed by atoms with E-state index in [1.165, 1.54) is 18.5 Å². The molecule has 1 fully saturated rings. The molecule has 0 bridgehead atoms. The highest BCUT2D eigenvalue weighted by Crippen LogP contribution is 2.30. The maximum atomic E-state index is 13.9. The van der Waals surface area contributed by atoms with E-state index in [1.807, 2.05) is 13.1 Å². The SMILES string of the molecule is C/C(=C/NC1(CC(C)C)CCN(Cc2cccnc2F)CC1)C(N)=Nc1ccnc(F)c1. The van der Waals surface area contributed by atoms with Crippen molar-refractivity contribution in [3.63, 3.8) is 0 Å². The fraction of sp³-hybridized carbons (Fsp3) is 0.458. The molecule has 0 saturated carbocycles. The van der Waals surface area contributed by atoms with E-state index in [0.29, 0.717) is 29.5 Å². The molecular weight excluding hydrogens is 410 g/mol. The zero-order chi connectivity index (χ0) is 23.1. The van der Waals surface area contributed by atoms with Crippen molar-refractivity contribution in [2.75, 3.05) is 13.1 Å². The van der Waals surface area contributed by atoms with Crippen LogP contribution in [0.1, 0.15) is 45.6 Å². The van der Waals surface area contributed by atoms with Crippen molar-refractivity contribution in [3.05, 3.63) is 65.9 Å². The van der Waals surface area contributed by atoms with Gasteiger partial charge >= 0.3 is 0 Å². The average molecular weight is 443 g/mol. The molecule has 0 spiro atoms. The molecule has 2 aromatic heterocycles. The summed E-state index contributed by atoms with van der Waals surface area (Å²) in [7, 11) is 0. The molecule has 0 aromatic carbocycles. The van der Waals surface area contributed by atoms with Crippen LogP contribution >= 0.6 is 0 Å². The number of piperidine rings is 1. The predicted octanol–water partition coefficient (Wildman–Crippen LogP) is 4.32. The normalized spacial score (nSPS) is 17.6. The summed E-state index contributed by atoms with van der Waals surface area (Å²) in [6.45, 7) is 8.60. The minimum Gasteiger partial charge on any atom is -0.385 e. The monoisotopic (exact) mass is 442 g/mol. The van der Waals surface area contributed by atoms with Crippen LogP contribution in [-0.4, -0.2) is 39.3 Å². The molecule has 0 amide bonds. The van der Waals surface area contributed by atoms with Crippen molar-refractivity contribution >= 4 is 11.5 Å². The van der Waals surface area contributed by atoms with Gasteiger partial charge in [-0.15, -0.1) is 0 Å². The van der Waals surface area contributed by atoms with Crippen molar-refractivity contribution in [1.29, 1.82) is 0 Å². The van der Waals surface area contributed by atoms with E-state index in [9.17, 15) is 8.78 Å². The second-order valence-electron chi connectivity index (χ2n) is 8.91. The zero-order valence-corrected chi connectivity index (χ0v) is 19.0. The summed E-state index contributed by atoms with van der Waals surface area (Å²) in [5.41, 5.74) is 7.90. The van der Waals surface area contributed by atoms with E-state index < -0.39 is 11.9 Å². The second kappa shape index (κ2) is 10.6. The quantitative estimate of drug-likeness (QED) is 0.362. The Morgan fingerprint density at radius 3 is 2.66 bits per heavy atom. The topological polar surface area (TPSA) is 79.4 Å². The number of pyridine rings is 2. The minimum atomic E-state index is -0.590. The highest BCUT2D eigenvalue weighted by atomic mass is 19.1. The summed E-state index contributed by atoms with van der Waals surface area (Å²) < 4.78 is 27.2. The van der Waals surface area contributed by atoms with Crippen LogP contribution in [0.15, 0.2) is 53.4 Å². The van der Waals surface area contributed by atoms with Gasteiger partial charge in [0.05, 0.1) is 5.69 Å². The predicted molar refractivity (Wildman–Crippen MR) is 123 cm³/mol. The third-order valence-corrected chi connectivity index (χ3v) is 5.80. The molecule has 3 heterocycles. The highest BCUT2D eigenvalue weighted by Gasteiger charge is 2.34. The summed E-state index contributed by atoms with van der Waals surface area (Å²) in [5, 5.41) is 3.62. The summed E-state index contributed by atoms with van der Waals surface area (Å²) in [5.74, 6) is -0.142. The number of hydrogen-bond donors (Lipinski definition) is 2. The first-order chi connectivity index (χ1) is 15.3. The molecule has 0 aliphatic carbocycles. The molecule has 1 aliphatic rings. The average Bonchev–Trinajstić information content (AvgIpc) is 2.75. The molecule has 32 heavy (non-hydrogen) atoms. The van der Waals surface area contributed by atoms with E-state index in [4.69, 9.17) is 5.73 Å². The summed E-state index contributed by atoms with van der Waals surface area (Å²) >= 11 is 0. The number of amidine groups is 1. The number of aromatic nitrogens is 2. The lowest BCUT2D eigenvalue weighted by Crippen LogP contribution is -2.52. The smallest absolute Gasteiger partial charge is 0.217 e. The number of aliphatic imine (C=N–C) groups is 1. The van der Waals surface area contributed by atoms with E-state index in [-0.39, 0.29) is 5.54 Å². The van der Waals surface area contributed by atoms with Crippen LogP contribution in [0.25, 0.3) is 0 Å². The van der Waals surface area contributed by atoms with Gasteiger partial charge in [0.2, 0.25) is 11.9 Å². The van der Waals surface area contributed by atoms with Gasteiger partial charge in [-0.3, -0.25) is 4.90 Å². The van der Waals surface area contributed by atoms with Gasteiger partial charge < -0.3 is 11.1 Å². The zero-order valence-electron chi connectivity index (χ0n) is 19.0. The van der Waals surface area contributed by atoms with Crippen molar-refractivity contribution in [3.8, 4) is 0 Å². The third-order valence-electron chi connectivity index (χ3n) is 5.80. The Labute approximate surface area is 188 Å². The Morgan fingerprint density at radius 1 is 1.25 bits per heavy atom. The van der Waals surface area contributed by atoms with E-state index >= 15 is 0 Å². The first kappa shape index (κ1) is 23.8. The lowest BCUT2D eigenvalue weighted by molar-refractivity contribution is 0.121.